The lowest BCUT2D eigenvalue weighted by Crippen LogP contribution is -2.79. The van der Waals surface area contributed by atoms with Crippen LogP contribution in [-0.4, -0.2) is 49.8 Å². The molecule has 0 unspecified atom stereocenters. The highest BCUT2D eigenvalue weighted by molar-refractivity contribution is 5.95. The van der Waals surface area contributed by atoms with Gasteiger partial charge < -0.3 is 10.3 Å². The van der Waals surface area contributed by atoms with Gasteiger partial charge in [0.05, 0.1) is 16.8 Å². The Morgan fingerprint density at radius 1 is 1.12 bits per heavy atom. The second-order valence-corrected chi connectivity index (χ2v) is 10.3. The van der Waals surface area contributed by atoms with Gasteiger partial charge in [0.2, 0.25) is 5.78 Å². The monoisotopic (exact) mass is 483 g/mol. The molecule has 11 heteroatoms. The molecule has 4 fully saturated rings. The number of ketones is 1. The maximum Gasteiger partial charge on any atom is 0.419 e. The summed E-state index contributed by atoms with van der Waals surface area (Å²) in [5.41, 5.74) is 4.19. The Morgan fingerprint density at radius 2 is 1.74 bits per heavy atom. The number of anilines is 1. The summed E-state index contributed by atoms with van der Waals surface area (Å²) >= 11 is 0. The number of pyridine rings is 1. The fourth-order valence-electron chi connectivity index (χ4n) is 5.74. The zero-order valence-corrected chi connectivity index (χ0v) is 18.9. The maximum absolute atomic E-state index is 13.6. The first-order valence-corrected chi connectivity index (χ1v) is 11.4. The van der Waals surface area contributed by atoms with E-state index in [2.05, 4.69) is 14.9 Å². The highest BCUT2D eigenvalue weighted by atomic mass is 19.4. The molecule has 0 amide bonds. The van der Waals surface area contributed by atoms with Crippen LogP contribution < -0.4 is 5.73 Å². The number of nitrogen functional groups attached to an aromatic ring is 1. The Morgan fingerprint density at radius 3 is 2.29 bits per heavy atom. The van der Waals surface area contributed by atoms with Crippen molar-refractivity contribution >= 4 is 11.6 Å². The van der Waals surface area contributed by atoms with Gasteiger partial charge in [-0.3, -0.25) is 9.69 Å². The summed E-state index contributed by atoms with van der Waals surface area (Å²) in [5.74, 6) is -3.59. The molecule has 0 aromatic carbocycles. The first kappa shape index (κ1) is 23.2. The minimum Gasteiger partial charge on any atom is -0.383 e. The molecule has 3 heterocycles. The number of alkyl halides is 5. The molecule has 6 rings (SSSR count). The number of imidazole rings is 1. The summed E-state index contributed by atoms with van der Waals surface area (Å²) in [6.45, 7) is 4.16. The number of nitrogens with two attached hydrogens (primary N) is 1. The molecule has 0 atom stereocenters. The summed E-state index contributed by atoms with van der Waals surface area (Å²) < 4.78 is 69.0. The third kappa shape index (κ3) is 3.50. The Bertz CT molecular complexity index is 1130. The Labute approximate surface area is 193 Å². The first-order chi connectivity index (χ1) is 15.8. The normalized spacial score (nSPS) is 28.5. The van der Waals surface area contributed by atoms with E-state index in [0.29, 0.717) is 32.4 Å². The zero-order chi connectivity index (χ0) is 24.7. The number of carbonyl (C=O) groups excluding carboxylic acids is 1. The SMILES string of the molecule is CC(C)C(=O)c1nc(-c2cnc(N)c(C(F)(F)F)c2)cn1C12CC(N3CCC(F)(F)CC3)(C1)C2. The molecule has 0 spiro atoms. The van der Waals surface area contributed by atoms with Crippen LogP contribution in [0.1, 0.15) is 62.1 Å². The van der Waals surface area contributed by atoms with Crippen molar-refractivity contribution in [3.63, 3.8) is 0 Å². The predicted octanol–water partition coefficient (Wildman–Crippen LogP) is 4.75. The third-order valence-corrected chi connectivity index (χ3v) is 7.62. The molecule has 4 aliphatic rings. The molecule has 184 valence electrons. The lowest BCUT2D eigenvalue weighted by atomic mass is 9.43. The van der Waals surface area contributed by atoms with Crippen LogP contribution in [0, 0.1) is 5.92 Å². The molecule has 2 N–H and O–H groups in total. The van der Waals surface area contributed by atoms with E-state index in [1.54, 1.807) is 24.6 Å². The summed E-state index contributed by atoms with van der Waals surface area (Å²) in [7, 11) is 0. The van der Waals surface area contributed by atoms with Gasteiger partial charge in [-0.05, 0) is 25.3 Å². The van der Waals surface area contributed by atoms with Crippen molar-refractivity contribution in [2.75, 3.05) is 18.8 Å². The number of rotatable bonds is 5. The van der Waals surface area contributed by atoms with Gasteiger partial charge in [0.15, 0.2) is 5.82 Å². The number of Topliss-reactive ketones (excluding diaryl/α,β-unsaturated/α-hetero) is 1. The van der Waals surface area contributed by atoms with E-state index < -0.39 is 23.5 Å². The number of likely N-dealkylation sites (tertiary alicyclic amines) is 1. The van der Waals surface area contributed by atoms with E-state index in [-0.39, 0.29) is 52.7 Å². The van der Waals surface area contributed by atoms with E-state index in [9.17, 15) is 26.7 Å². The fraction of sp³-hybridized carbons (Fsp3) is 0.609. The van der Waals surface area contributed by atoms with Crippen LogP contribution in [-0.2, 0) is 11.7 Å². The lowest BCUT2D eigenvalue weighted by molar-refractivity contribution is -0.223. The van der Waals surface area contributed by atoms with Crippen LogP contribution >= 0.6 is 0 Å². The number of hydrogen-bond donors (Lipinski definition) is 1. The number of piperidine rings is 1. The van der Waals surface area contributed by atoms with Crippen molar-refractivity contribution in [2.45, 2.75) is 69.1 Å². The number of hydrogen-bond acceptors (Lipinski definition) is 5. The lowest BCUT2D eigenvalue weighted by Gasteiger charge is -2.74. The number of nitrogens with zero attached hydrogens (tertiary/aromatic N) is 4. The van der Waals surface area contributed by atoms with Crippen molar-refractivity contribution in [2.24, 2.45) is 5.92 Å². The minimum atomic E-state index is -4.67. The van der Waals surface area contributed by atoms with Crippen molar-refractivity contribution in [1.82, 2.24) is 19.4 Å². The molecule has 0 radical (unpaired) electrons. The molecule has 1 aliphatic heterocycles. The van der Waals surface area contributed by atoms with E-state index >= 15 is 0 Å². The summed E-state index contributed by atoms with van der Waals surface area (Å²) in [6, 6.07) is 0.899. The molecule has 3 aliphatic carbocycles. The molecule has 34 heavy (non-hydrogen) atoms. The van der Waals surface area contributed by atoms with E-state index in [1.807, 2.05) is 0 Å². The molecular weight excluding hydrogens is 457 g/mol. The van der Waals surface area contributed by atoms with E-state index in [1.165, 1.54) is 6.20 Å². The molecule has 2 aromatic rings. The number of carbonyl (C=O) groups is 1. The Hall–Kier alpha value is -2.56. The quantitative estimate of drug-likeness (QED) is 0.491. The molecule has 2 aromatic heterocycles. The van der Waals surface area contributed by atoms with Gasteiger partial charge >= 0.3 is 6.18 Å². The molecule has 2 bridgehead atoms. The molecule has 1 saturated heterocycles. The maximum atomic E-state index is 13.6. The Kier molecular flexibility index (Phi) is 4.93. The van der Waals surface area contributed by atoms with Gasteiger partial charge in [0.1, 0.15) is 5.82 Å². The summed E-state index contributed by atoms with van der Waals surface area (Å²) in [6.07, 6.45) is -0.0273. The molecule has 6 nitrogen and oxygen atoms in total. The third-order valence-electron chi connectivity index (χ3n) is 7.62. The van der Waals surface area contributed by atoms with Crippen LogP contribution in [0.25, 0.3) is 11.3 Å². The minimum absolute atomic E-state index is 0.123. The number of aromatic nitrogens is 3. The second-order valence-electron chi connectivity index (χ2n) is 10.3. The largest absolute Gasteiger partial charge is 0.419 e. The van der Waals surface area contributed by atoms with Crippen LogP contribution in [0.3, 0.4) is 0 Å². The smallest absolute Gasteiger partial charge is 0.383 e. The Balaban J connectivity index is 1.45. The van der Waals surface area contributed by atoms with Crippen molar-refractivity contribution < 1.29 is 26.7 Å². The van der Waals surface area contributed by atoms with Crippen molar-refractivity contribution in [3.8, 4) is 11.3 Å². The van der Waals surface area contributed by atoms with Gasteiger partial charge in [0, 0.05) is 55.3 Å². The van der Waals surface area contributed by atoms with Crippen LogP contribution in [0.15, 0.2) is 18.5 Å². The summed E-state index contributed by atoms with van der Waals surface area (Å²) in [4.78, 5) is 23.2. The van der Waals surface area contributed by atoms with Crippen LogP contribution in [0.5, 0.6) is 0 Å². The number of halogens is 5. The average Bonchev–Trinajstić information content (AvgIpc) is 3.11. The highest BCUT2D eigenvalue weighted by Crippen LogP contribution is 2.68. The topological polar surface area (TPSA) is 77.0 Å². The molecular formula is C23H26F5N5O. The zero-order valence-electron chi connectivity index (χ0n) is 18.9. The van der Waals surface area contributed by atoms with Crippen molar-refractivity contribution in [1.29, 1.82) is 0 Å². The van der Waals surface area contributed by atoms with Crippen LogP contribution in [0.4, 0.5) is 27.8 Å². The van der Waals surface area contributed by atoms with E-state index in [0.717, 1.165) is 6.07 Å². The average molecular weight is 483 g/mol. The van der Waals surface area contributed by atoms with Gasteiger partial charge in [-0.1, -0.05) is 13.8 Å². The highest BCUT2D eigenvalue weighted by Gasteiger charge is 2.72. The van der Waals surface area contributed by atoms with Crippen LogP contribution in [0.2, 0.25) is 0 Å². The predicted molar refractivity (Wildman–Crippen MR) is 114 cm³/mol. The molecule has 3 saturated carbocycles. The fourth-order valence-corrected chi connectivity index (χ4v) is 5.74. The van der Waals surface area contributed by atoms with Gasteiger partial charge in [-0.2, -0.15) is 13.2 Å². The van der Waals surface area contributed by atoms with E-state index in [4.69, 9.17) is 5.73 Å². The van der Waals surface area contributed by atoms with Gasteiger partial charge in [-0.15, -0.1) is 0 Å². The van der Waals surface area contributed by atoms with Gasteiger partial charge in [0.25, 0.3) is 5.92 Å². The summed E-state index contributed by atoms with van der Waals surface area (Å²) in [5, 5.41) is 0. The second kappa shape index (κ2) is 7.22. The van der Waals surface area contributed by atoms with Crippen molar-refractivity contribution in [3.05, 3.63) is 29.8 Å². The van der Waals surface area contributed by atoms with Gasteiger partial charge in [-0.25, -0.2) is 18.7 Å². The standard InChI is InChI=1S/C23H26F5N5O/c1-13(2)17(34)19-31-16(14-7-15(23(26,27)28)18(29)30-8-14)9-33(19)21-10-20(11-21,12-21)32-5-3-22(24,25)4-6-32/h7-9,13H,3-6,10-12H2,1-2H3,(H2,29,30). The first-order valence-electron chi connectivity index (χ1n) is 11.4.